The van der Waals surface area contributed by atoms with Gasteiger partial charge in [-0.25, -0.2) is 4.98 Å². The Hall–Kier alpha value is -3.81. The number of nitrogens with one attached hydrogen (secondary N) is 2. The number of aromatic amines is 1. The van der Waals surface area contributed by atoms with Gasteiger partial charge in [-0.05, 0) is 67.4 Å². The van der Waals surface area contributed by atoms with E-state index in [1.54, 1.807) is 6.92 Å². The monoisotopic (exact) mass is 496 g/mol. The van der Waals surface area contributed by atoms with Crippen LogP contribution in [0.15, 0.2) is 65.5 Å². The van der Waals surface area contributed by atoms with Crippen molar-refractivity contribution in [2.45, 2.75) is 33.9 Å². The van der Waals surface area contributed by atoms with Gasteiger partial charge in [0.1, 0.15) is 10.7 Å². The summed E-state index contributed by atoms with van der Waals surface area (Å²) in [5.74, 6) is 0.357. The van der Waals surface area contributed by atoms with Gasteiger partial charge in [-0.3, -0.25) is 14.5 Å². The van der Waals surface area contributed by atoms with Gasteiger partial charge in [0.25, 0.3) is 11.5 Å². The van der Waals surface area contributed by atoms with Crippen molar-refractivity contribution in [1.82, 2.24) is 14.9 Å². The molecule has 0 spiro atoms. The lowest BCUT2D eigenvalue weighted by atomic mass is 10.1. The number of amides is 1. The molecular formula is C29H28N4O2S. The molecule has 3 aromatic carbocycles. The zero-order valence-corrected chi connectivity index (χ0v) is 21.6. The molecule has 2 N–H and O–H groups in total. The first kappa shape index (κ1) is 23.9. The van der Waals surface area contributed by atoms with Crippen molar-refractivity contribution >= 4 is 43.9 Å². The molecule has 0 radical (unpaired) electrons. The van der Waals surface area contributed by atoms with Crippen molar-refractivity contribution in [2.24, 2.45) is 0 Å². The van der Waals surface area contributed by atoms with Crippen LogP contribution in [0.4, 0.5) is 5.69 Å². The van der Waals surface area contributed by atoms with Crippen LogP contribution in [0.3, 0.4) is 0 Å². The van der Waals surface area contributed by atoms with Gasteiger partial charge < -0.3 is 10.3 Å². The van der Waals surface area contributed by atoms with Crippen LogP contribution in [-0.2, 0) is 13.1 Å². The topological polar surface area (TPSA) is 78.1 Å². The van der Waals surface area contributed by atoms with Crippen molar-refractivity contribution in [3.05, 3.63) is 104 Å². The molecule has 0 saturated carbocycles. The van der Waals surface area contributed by atoms with Crippen molar-refractivity contribution in [3.8, 4) is 0 Å². The van der Waals surface area contributed by atoms with Crippen molar-refractivity contribution in [3.63, 3.8) is 0 Å². The Labute approximate surface area is 213 Å². The van der Waals surface area contributed by atoms with Crippen LogP contribution in [0.2, 0.25) is 0 Å². The van der Waals surface area contributed by atoms with Crippen LogP contribution in [0, 0.1) is 20.8 Å². The number of hydrogen-bond acceptors (Lipinski definition) is 5. The number of H-pyrrole nitrogens is 1. The first-order valence-electron chi connectivity index (χ1n) is 11.9. The molecule has 0 unspecified atom stereocenters. The zero-order chi connectivity index (χ0) is 25.4. The van der Waals surface area contributed by atoms with E-state index in [4.69, 9.17) is 4.98 Å². The number of aryl methyl sites for hydroxylation is 3. The van der Waals surface area contributed by atoms with Crippen LogP contribution < -0.4 is 10.9 Å². The minimum absolute atomic E-state index is 0.214. The summed E-state index contributed by atoms with van der Waals surface area (Å²) in [6, 6.07) is 20.6. The second kappa shape index (κ2) is 9.68. The number of carbonyl (C=O) groups excluding carboxylic acids is 1. The summed E-state index contributed by atoms with van der Waals surface area (Å²) in [4.78, 5) is 36.8. The number of aromatic nitrogens is 2. The van der Waals surface area contributed by atoms with Crippen molar-refractivity contribution in [1.29, 1.82) is 0 Å². The lowest BCUT2D eigenvalue weighted by Gasteiger charge is -2.16. The van der Waals surface area contributed by atoms with Crippen LogP contribution in [0.25, 0.3) is 21.0 Å². The van der Waals surface area contributed by atoms with Crippen molar-refractivity contribution < 1.29 is 4.79 Å². The summed E-state index contributed by atoms with van der Waals surface area (Å²) in [5.41, 5.74) is 4.53. The third-order valence-corrected chi connectivity index (χ3v) is 7.56. The molecule has 0 fully saturated rings. The van der Waals surface area contributed by atoms with Gasteiger partial charge >= 0.3 is 0 Å². The largest absolute Gasteiger partial charge is 0.321 e. The molecule has 1 amide bonds. The summed E-state index contributed by atoms with van der Waals surface area (Å²) in [6.45, 7) is 6.99. The van der Waals surface area contributed by atoms with Gasteiger partial charge in [-0.15, -0.1) is 11.3 Å². The summed E-state index contributed by atoms with van der Waals surface area (Å²) in [5, 5.41) is 5.88. The third kappa shape index (κ3) is 4.80. The molecular weight excluding hydrogens is 468 g/mol. The lowest BCUT2D eigenvalue weighted by Crippen LogP contribution is -2.21. The fourth-order valence-corrected chi connectivity index (χ4v) is 5.67. The van der Waals surface area contributed by atoms with Gasteiger partial charge in [-0.1, -0.05) is 54.1 Å². The molecule has 2 heterocycles. The number of carbonyl (C=O) groups is 1. The zero-order valence-electron chi connectivity index (χ0n) is 20.8. The smallest absolute Gasteiger partial charge is 0.266 e. The molecule has 5 aromatic rings. The van der Waals surface area contributed by atoms with Gasteiger partial charge in [0.15, 0.2) is 0 Å². The highest BCUT2D eigenvalue weighted by atomic mass is 32.1. The minimum atomic E-state index is -0.225. The van der Waals surface area contributed by atoms with E-state index in [1.807, 2.05) is 51.2 Å². The van der Waals surface area contributed by atoms with E-state index >= 15 is 0 Å². The lowest BCUT2D eigenvalue weighted by molar-refractivity contribution is 0.103. The predicted molar refractivity (Wildman–Crippen MR) is 148 cm³/mol. The number of thiophene rings is 1. The molecule has 6 nitrogen and oxygen atoms in total. The standard InChI is InChI=1S/C29H28N4O2S/c1-17-9-12-23(18(2)13-17)30-28(35)26-19(3)25-27(34)31-24(32-29(25)36-26)16-33(4)15-20-10-11-21-7-5-6-8-22(21)14-20/h5-14H,15-16H2,1-4H3,(H,30,35)(H,31,32,34). The summed E-state index contributed by atoms with van der Waals surface area (Å²) < 4.78 is 0. The Balaban J connectivity index is 1.36. The molecule has 2 aromatic heterocycles. The SMILES string of the molecule is Cc1ccc(NC(=O)c2sc3nc(CN(C)Cc4ccc5ccccc5c4)[nH]c(=O)c3c2C)c(C)c1. The highest BCUT2D eigenvalue weighted by Crippen LogP contribution is 2.28. The Morgan fingerprint density at radius 2 is 1.78 bits per heavy atom. The molecule has 5 rings (SSSR count). The van der Waals surface area contributed by atoms with E-state index in [0.29, 0.717) is 33.0 Å². The molecule has 0 aliphatic carbocycles. The maximum absolute atomic E-state index is 13.1. The van der Waals surface area contributed by atoms with Crippen LogP contribution in [-0.4, -0.2) is 27.8 Å². The first-order valence-corrected chi connectivity index (χ1v) is 12.7. The van der Waals surface area contributed by atoms with Gasteiger partial charge in [-0.2, -0.15) is 0 Å². The van der Waals surface area contributed by atoms with E-state index in [0.717, 1.165) is 23.4 Å². The van der Waals surface area contributed by atoms with Crippen LogP contribution in [0.1, 0.15) is 37.7 Å². The maximum Gasteiger partial charge on any atom is 0.266 e. The van der Waals surface area contributed by atoms with E-state index in [-0.39, 0.29) is 11.5 Å². The molecule has 0 atom stereocenters. The molecule has 182 valence electrons. The average Bonchev–Trinajstić information content (AvgIpc) is 3.17. The Morgan fingerprint density at radius 1 is 1.00 bits per heavy atom. The average molecular weight is 497 g/mol. The molecule has 0 aliphatic rings. The quantitative estimate of drug-likeness (QED) is 0.305. The number of anilines is 1. The Kier molecular flexibility index (Phi) is 6.43. The second-order valence-corrected chi connectivity index (χ2v) is 10.4. The van der Waals surface area contributed by atoms with Gasteiger partial charge in [0.2, 0.25) is 0 Å². The fraction of sp³-hybridized carbons (Fsp3) is 0.207. The normalized spacial score (nSPS) is 11.5. The van der Waals surface area contributed by atoms with E-state index in [2.05, 4.69) is 45.5 Å². The highest BCUT2D eigenvalue weighted by molar-refractivity contribution is 7.20. The summed E-state index contributed by atoms with van der Waals surface area (Å²) >= 11 is 1.26. The maximum atomic E-state index is 13.1. The van der Waals surface area contributed by atoms with Gasteiger partial charge in [0.05, 0.1) is 16.8 Å². The molecule has 36 heavy (non-hydrogen) atoms. The fourth-order valence-electron chi connectivity index (χ4n) is 4.57. The van der Waals surface area contributed by atoms with E-state index in [1.165, 1.54) is 27.7 Å². The second-order valence-electron chi connectivity index (χ2n) is 9.38. The summed E-state index contributed by atoms with van der Waals surface area (Å²) in [7, 11) is 2.00. The Bertz CT molecular complexity index is 1670. The Morgan fingerprint density at radius 3 is 2.56 bits per heavy atom. The molecule has 0 saturated heterocycles. The van der Waals surface area contributed by atoms with Crippen molar-refractivity contribution in [2.75, 3.05) is 12.4 Å². The number of nitrogens with zero attached hydrogens (tertiary/aromatic N) is 2. The third-order valence-electron chi connectivity index (χ3n) is 6.37. The molecule has 0 bridgehead atoms. The summed E-state index contributed by atoms with van der Waals surface area (Å²) in [6.07, 6.45) is 0. The van der Waals surface area contributed by atoms with Crippen LogP contribution >= 0.6 is 11.3 Å². The number of rotatable bonds is 6. The number of benzene rings is 3. The minimum Gasteiger partial charge on any atom is -0.321 e. The van der Waals surface area contributed by atoms with Gasteiger partial charge in [0, 0.05) is 12.2 Å². The highest BCUT2D eigenvalue weighted by Gasteiger charge is 2.20. The first-order chi connectivity index (χ1) is 17.3. The van der Waals surface area contributed by atoms with E-state index < -0.39 is 0 Å². The predicted octanol–water partition coefficient (Wildman–Crippen LogP) is 5.95. The number of fused-ring (bicyclic) bond motifs is 2. The van der Waals surface area contributed by atoms with Crippen LogP contribution in [0.5, 0.6) is 0 Å². The molecule has 0 aliphatic heterocycles. The number of hydrogen-bond donors (Lipinski definition) is 2. The van der Waals surface area contributed by atoms with E-state index in [9.17, 15) is 9.59 Å². The molecule has 7 heteroatoms.